The highest BCUT2D eigenvalue weighted by molar-refractivity contribution is 5.48. The molecule has 0 spiro atoms. The molecule has 2 rings (SSSR count). The maximum absolute atomic E-state index is 13.7. The molecular weight excluding hydrogens is 257 g/mol. The van der Waals surface area contributed by atoms with Crippen LogP contribution in [-0.4, -0.2) is 16.9 Å². The fourth-order valence-corrected chi connectivity index (χ4v) is 2.18. The first-order valence-electron chi connectivity index (χ1n) is 6.67. The largest absolute Gasteiger partial charge is 0.494 e. The van der Waals surface area contributed by atoms with Crippen molar-refractivity contribution in [3.63, 3.8) is 0 Å². The van der Waals surface area contributed by atoms with Crippen molar-refractivity contribution in [1.29, 1.82) is 0 Å². The van der Waals surface area contributed by atoms with Gasteiger partial charge in [0.1, 0.15) is 0 Å². The van der Waals surface area contributed by atoms with E-state index in [1.165, 1.54) is 13.2 Å². The SMILES string of the molecule is CCc1nn(C)cc1NC(C)c1ccc(OC)c(F)c1. The van der Waals surface area contributed by atoms with Crippen molar-refractivity contribution in [2.24, 2.45) is 7.05 Å². The summed E-state index contributed by atoms with van der Waals surface area (Å²) in [5.74, 6) is -0.0860. The van der Waals surface area contributed by atoms with Gasteiger partial charge in [0.2, 0.25) is 0 Å². The van der Waals surface area contributed by atoms with Crippen LogP contribution < -0.4 is 10.1 Å². The van der Waals surface area contributed by atoms with Gasteiger partial charge in [0.05, 0.1) is 18.5 Å². The third-order valence-electron chi connectivity index (χ3n) is 3.29. The Labute approximate surface area is 118 Å². The van der Waals surface area contributed by atoms with Crippen molar-refractivity contribution in [2.75, 3.05) is 12.4 Å². The molecule has 1 atom stereocenters. The van der Waals surface area contributed by atoms with Crippen LogP contribution in [-0.2, 0) is 13.5 Å². The summed E-state index contributed by atoms with van der Waals surface area (Å²) >= 11 is 0. The number of hydrogen-bond donors (Lipinski definition) is 1. The Kier molecular flexibility index (Phi) is 4.27. The topological polar surface area (TPSA) is 39.1 Å². The first-order chi connectivity index (χ1) is 9.55. The molecule has 0 aliphatic rings. The van der Waals surface area contributed by atoms with Crippen molar-refractivity contribution in [1.82, 2.24) is 9.78 Å². The molecular formula is C15H20FN3O. The average molecular weight is 277 g/mol. The number of nitrogens with zero attached hydrogens (tertiary/aromatic N) is 2. The minimum atomic E-state index is -0.347. The van der Waals surface area contributed by atoms with E-state index in [9.17, 15) is 4.39 Å². The minimum Gasteiger partial charge on any atom is -0.494 e. The number of ether oxygens (including phenoxy) is 1. The van der Waals surface area contributed by atoms with Gasteiger partial charge in [-0.25, -0.2) is 4.39 Å². The molecule has 1 N–H and O–H groups in total. The zero-order valence-electron chi connectivity index (χ0n) is 12.3. The number of nitrogens with one attached hydrogen (secondary N) is 1. The fraction of sp³-hybridized carbons (Fsp3) is 0.400. The molecule has 2 aromatic rings. The van der Waals surface area contributed by atoms with Crippen molar-refractivity contribution in [3.8, 4) is 5.75 Å². The lowest BCUT2D eigenvalue weighted by Gasteiger charge is -2.16. The summed E-state index contributed by atoms with van der Waals surface area (Å²) in [4.78, 5) is 0. The molecule has 108 valence electrons. The Hall–Kier alpha value is -2.04. The summed E-state index contributed by atoms with van der Waals surface area (Å²) in [6.45, 7) is 4.05. The fourth-order valence-electron chi connectivity index (χ4n) is 2.18. The lowest BCUT2D eigenvalue weighted by molar-refractivity contribution is 0.386. The highest BCUT2D eigenvalue weighted by Crippen LogP contribution is 2.25. The first kappa shape index (κ1) is 14.4. The molecule has 20 heavy (non-hydrogen) atoms. The van der Waals surface area contributed by atoms with Gasteiger partial charge in [0.25, 0.3) is 0 Å². The molecule has 0 saturated heterocycles. The number of rotatable bonds is 5. The number of halogens is 1. The first-order valence-corrected chi connectivity index (χ1v) is 6.67. The van der Waals surface area contributed by atoms with Gasteiger partial charge in [-0.2, -0.15) is 5.10 Å². The van der Waals surface area contributed by atoms with E-state index in [4.69, 9.17) is 4.74 Å². The Morgan fingerprint density at radius 2 is 2.20 bits per heavy atom. The summed E-state index contributed by atoms with van der Waals surface area (Å²) in [7, 11) is 3.35. The number of hydrogen-bond acceptors (Lipinski definition) is 3. The highest BCUT2D eigenvalue weighted by atomic mass is 19.1. The molecule has 0 radical (unpaired) electrons. The summed E-state index contributed by atoms with van der Waals surface area (Å²) in [6.07, 6.45) is 2.79. The van der Waals surface area contributed by atoms with Gasteiger partial charge in [-0.3, -0.25) is 4.68 Å². The van der Waals surface area contributed by atoms with Gasteiger partial charge in [0, 0.05) is 19.3 Å². The van der Waals surface area contributed by atoms with Gasteiger partial charge in [-0.1, -0.05) is 13.0 Å². The van der Waals surface area contributed by atoms with Gasteiger partial charge in [0.15, 0.2) is 11.6 Å². The second-order valence-electron chi connectivity index (χ2n) is 4.78. The summed E-state index contributed by atoms with van der Waals surface area (Å²) in [5, 5.41) is 7.75. The number of aromatic nitrogens is 2. The lowest BCUT2D eigenvalue weighted by atomic mass is 10.1. The van der Waals surface area contributed by atoms with E-state index in [1.54, 1.807) is 10.7 Å². The molecule has 1 heterocycles. The van der Waals surface area contributed by atoms with E-state index in [0.717, 1.165) is 23.4 Å². The van der Waals surface area contributed by atoms with Crippen LogP contribution in [0, 0.1) is 5.82 Å². The van der Waals surface area contributed by atoms with E-state index in [-0.39, 0.29) is 17.6 Å². The van der Waals surface area contributed by atoms with E-state index in [0.29, 0.717) is 0 Å². The van der Waals surface area contributed by atoms with E-state index < -0.39 is 0 Å². The van der Waals surface area contributed by atoms with Crippen LogP contribution in [0.15, 0.2) is 24.4 Å². The normalized spacial score (nSPS) is 12.2. The summed E-state index contributed by atoms with van der Waals surface area (Å²) in [5.41, 5.74) is 2.86. The zero-order chi connectivity index (χ0) is 14.7. The van der Waals surface area contributed by atoms with Crippen LogP contribution in [0.4, 0.5) is 10.1 Å². The lowest BCUT2D eigenvalue weighted by Crippen LogP contribution is -2.08. The van der Waals surface area contributed by atoms with Gasteiger partial charge in [-0.15, -0.1) is 0 Å². The Balaban J connectivity index is 2.19. The zero-order valence-corrected chi connectivity index (χ0v) is 12.3. The Morgan fingerprint density at radius 3 is 2.80 bits per heavy atom. The number of anilines is 1. The Morgan fingerprint density at radius 1 is 1.45 bits per heavy atom. The molecule has 4 nitrogen and oxygen atoms in total. The van der Waals surface area contributed by atoms with E-state index in [2.05, 4.69) is 17.3 Å². The van der Waals surface area contributed by atoms with Crippen molar-refractivity contribution >= 4 is 5.69 Å². The van der Waals surface area contributed by atoms with Crippen LogP contribution in [0.1, 0.15) is 31.1 Å². The molecule has 1 aromatic heterocycles. The molecule has 1 unspecified atom stereocenters. The standard InChI is InChI=1S/C15H20FN3O/c1-5-13-14(9-19(3)18-13)17-10(2)11-6-7-15(20-4)12(16)8-11/h6-10,17H,5H2,1-4H3. The monoisotopic (exact) mass is 277 g/mol. The third-order valence-corrected chi connectivity index (χ3v) is 3.29. The second-order valence-corrected chi connectivity index (χ2v) is 4.78. The maximum Gasteiger partial charge on any atom is 0.165 e. The summed E-state index contributed by atoms with van der Waals surface area (Å²) < 4.78 is 20.4. The molecule has 0 fully saturated rings. The predicted molar refractivity (Wildman–Crippen MR) is 77.6 cm³/mol. The van der Waals surface area contributed by atoms with Crippen molar-refractivity contribution in [3.05, 3.63) is 41.5 Å². The molecule has 0 saturated carbocycles. The van der Waals surface area contributed by atoms with Crippen LogP contribution in [0.2, 0.25) is 0 Å². The molecule has 0 aliphatic carbocycles. The van der Waals surface area contributed by atoms with Crippen LogP contribution >= 0.6 is 0 Å². The second kappa shape index (κ2) is 5.94. The molecule has 5 heteroatoms. The van der Waals surface area contributed by atoms with Gasteiger partial charge < -0.3 is 10.1 Å². The number of aryl methyl sites for hydroxylation is 2. The van der Waals surface area contributed by atoms with Crippen LogP contribution in [0.3, 0.4) is 0 Å². The smallest absolute Gasteiger partial charge is 0.165 e. The molecule has 0 bridgehead atoms. The van der Waals surface area contributed by atoms with Crippen LogP contribution in [0.25, 0.3) is 0 Å². The van der Waals surface area contributed by atoms with Gasteiger partial charge >= 0.3 is 0 Å². The molecule has 1 aromatic carbocycles. The molecule has 0 amide bonds. The van der Waals surface area contributed by atoms with Crippen molar-refractivity contribution < 1.29 is 9.13 Å². The predicted octanol–water partition coefficient (Wildman–Crippen LogP) is 3.30. The van der Waals surface area contributed by atoms with Gasteiger partial charge in [-0.05, 0) is 31.0 Å². The average Bonchev–Trinajstić information content (AvgIpc) is 2.78. The van der Waals surface area contributed by atoms with Crippen molar-refractivity contribution in [2.45, 2.75) is 26.3 Å². The maximum atomic E-state index is 13.7. The quantitative estimate of drug-likeness (QED) is 0.911. The minimum absolute atomic E-state index is 0.00935. The van der Waals surface area contributed by atoms with Crippen LogP contribution in [0.5, 0.6) is 5.75 Å². The number of methoxy groups -OCH3 is 1. The number of benzene rings is 1. The third kappa shape index (κ3) is 2.92. The molecule has 0 aliphatic heterocycles. The summed E-state index contributed by atoms with van der Waals surface area (Å²) in [6, 6.07) is 5.00. The Bertz CT molecular complexity index is 595. The van der Waals surface area contributed by atoms with E-state index >= 15 is 0 Å². The van der Waals surface area contributed by atoms with E-state index in [1.807, 2.05) is 26.2 Å². The highest BCUT2D eigenvalue weighted by Gasteiger charge is 2.12.